The van der Waals surface area contributed by atoms with Crippen molar-refractivity contribution in [2.75, 3.05) is 13.3 Å². The van der Waals surface area contributed by atoms with Crippen LogP contribution in [0, 0.1) is 11.6 Å². The number of oxime groups is 1. The topological polar surface area (TPSA) is 60.4 Å². The first-order valence-electron chi connectivity index (χ1n) is 10.5. The SMILES string of the molecule is O=C(c1cccc(F)c1)N(Cc1ccc(F)cc1)CC1CC(c2ccc3c(c2)OCO3)=NO1. The lowest BCUT2D eigenvalue weighted by Crippen LogP contribution is -2.37. The van der Waals surface area contributed by atoms with Crippen LogP contribution in [0.3, 0.4) is 0 Å². The number of carbonyl (C=O) groups is 1. The second-order valence-electron chi connectivity index (χ2n) is 7.86. The molecule has 0 N–H and O–H groups in total. The molecule has 168 valence electrons. The highest BCUT2D eigenvalue weighted by molar-refractivity contribution is 6.02. The van der Waals surface area contributed by atoms with Crippen LogP contribution in [0.5, 0.6) is 11.5 Å². The lowest BCUT2D eigenvalue weighted by Gasteiger charge is -2.25. The molecule has 6 nitrogen and oxygen atoms in total. The lowest BCUT2D eigenvalue weighted by atomic mass is 10.0. The Morgan fingerprint density at radius 3 is 2.61 bits per heavy atom. The van der Waals surface area contributed by atoms with Gasteiger partial charge >= 0.3 is 0 Å². The van der Waals surface area contributed by atoms with Gasteiger partial charge in [-0.2, -0.15) is 0 Å². The van der Waals surface area contributed by atoms with E-state index in [4.69, 9.17) is 14.3 Å². The fourth-order valence-corrected chi connectivity index (χ4v) is 3.85. The molecule has 1 amide bonds. The smallest absolute Gasteiger partial charge is 0.254 e. The molecule has 0 radical (unpaired) electrons. The first-order valence-corrected chi connectivity index (χ1v) is 10.5. The van der Waals surface area contributed by atoms with E-state index in [1.807, 2.05) is 18.2 Å². The molecule has 0 saturated carbocycles. The first-order chi connectivity index (χ1) is 16.0. The van der Waals surface area contributed by atoms with E-state index >= 15 is 0 Å². The van der Waals surface area contributed by atoms with Gasteiger partial charge in [0, 0.05) is 24.1 Å². The highest BCUT2D eigenvalue weighted by Crippen LogP contribution is 2.33. The summed E-state index contributed by atoms with van der Waals surface area (Å²) in [5.74, 6) is 0.133. The molecule has 3 aromatic carbocycles. The molecule has 8 heteroatoms. The molecule has 1 unspecified atom stereocenters. The molecule has 0 aromatic heterocycles. The summed E-state index contributed by atoms with van der Waals surface area (Å²) in [6.07, 6.45) is 0.0964. The number of nitrogens with zero attached hydrogens (tertiary/aromatic N) is 2. The summed E-state index contributed by atoms with van der Waals surface area (Å²) < 4.78 is 37.8. The minimum absolute atomic E-state index is 0.185. The van der Waals surface area contributed by atoms with Crippen molar-refractivity contribution < 1.29 is 27.9 Å². The van der Waals surface area contributed by atoms with Crippen LogP contribution in [0.1, 0.15) is 27.9 Å². The average Bonchev–Trinajstić information content (AvgIpc) is 3.48. The van der Waals surface area contributed by atoms with Crippen LogP contribution in [-0.4, -0.2) is 36.0 Å². The minimum Gasteiger partial charge on any atom is -0.454 e. The third-order valence-electron chi connectivity index (χ3n) is 5.51. The van der Waals surface area contributed by atoms with Gasteiger partial charge in [-0.3, -0.25) is 4.79 Å². The molecule has 2 heterocycles. The Kier molecular flexibility index (Phi) is 5.64. The van der Waals surface area contributed by atoms with Gasteiger partial charge in [0.15, 0.2) is 17.6 Å². The Labute approximate surface area is 189 Å². The van der Waals surface area contributed by atoms with Gasteiger partial charge in [0.1, 0.15) is 11.6 Å². The predicted octanol–water partition coefficient (Wildman–Crippen LogP) is 4.53. The van der Waals surface area contributed by atoms with E-state index in [1.54, 1.807) is 23.1 Å². The molecule has 0 fully saturated rings. The van der Waals surface area contributed by atoms with E-state index in [1.165, 1.54) is 30.3 Å². The molecule has 0 bridgehead atoms. The van der Waals surface area contributed by atoms with Crippen LogP contribution in [-0.2, 0) is 11.4 Å². The van der Waals surface area contributed by atoms with Gasteiger partial charge in [0.25, 0.3) is 5.91 Å². The zero-order valence-corrected chi connectivity index (χ0v) is 17.5. The maximum atomic E-state index is 13.7. The highest BCUT2D eigenvalue weighted by atomic mass is 19.1. The highest BCUT2D eigenvalue weighted by Gasteiger charge is 2.28. The van der Waals surface area contributed by atoms with Gasteiger partial charge in [0.05, 0.1) is 12.3 Å². The number of carbonyl (C=O) groups excluding carboxylic acids is 1. The van der Waals surface area contributed by atoms with Gasteiger partial charge < -0.3 is 19.2 Å². The van der Waals surface area contributed by atoms with E-state index < -0.39 is 5.82 Å². The molecule has 2 aliphatic rings. The average molecular weight is 450 g/mol. The first kappa shape index (κ1) is 20.9. The molecular formula is C25H20F2N2O4. The number of hydrogen-bond donors (Lipinski definition) is 0. The number of rotatable bonds is 6. The van der Waals surface area contributed by atoms with E-state index in [2.05, 4.69) is 5.16 Å². The molecule has 33 heavy (non-hydrogen) atoms. The zero-order valence-electron chi connectivity index (χ0n) is 17.5. The van der Waals surface area contributed by atoms with Crippen LogP contribution >= 0.6 is 0 Å². The molecule has 0 aliphatic carbocycles. The Balaban J connectivity index is 1.32. The summed E-state index contributed by atoms with van der Waals surface area (Å²) >= 11 is 0. The van der Waals surface area contributed by atoms with Gasteiger partial charge in [-0.15, -0.1) is 0 Å². The quantitative estimate of drug-likeness (QED) is 0.554. The maximum Gasteiger partial charge on any atom is 0.254 e. The predicted molar refractivity (Wildman–Crippen MR) is 116 cm³/mol. The van der Waals surface area contributed by atoms with Crippen LogP contribution in [0.15, 0.2) is 71.9 Å². The summed E-state index contributed by atoms with van der Waals surface area (Å²) in [7, 11) is 0. The van der Waals surface area contributed by atoms with E-state index in [-0.39, 0.29) is 43.3 Å². The normalized spacial score (nSPS) is 16.3. The monoisotopic (exact) mass is 450 g/mol. The summed E-state index contributed by atoms with van der Waals surface area (Å²) in [4.78, 5) is 20.4. The van der Waals surface area contributed by atoms with Crippen molar-refractivity contribution in [2.45, 2.75) is 19.1 Å². The van der Waals surface area contributed by atoms with E-state index in [9.17, 15) is 13.6 Å². The molecular weight excluding hydrogens is 430 g/mol. The maximum absolute atomic E-state index is 13.7. The fourth-order valence-electron chi connectivity index (χ4n) is 3.85. The van der Waals surface area contributed by atoms with Crippen LogP contribution in [0.2, 0.25) is 0 Å². The van der Waals surface area contributed by atoms with Gasteiger partial charge in [0.2, 0.25) is 6.79 Å². The van der Waals surface area contributed by atoms with Crippen LogP contribution < -0.4 is 9.47 Å². The van der Waals surface area contributed by atoms with Crippen molar-refractivity contribution in [3.63, 3.8) is 0 Å². The molecule has 1 atom stereocenters. The van der Waals surface area contributed by atoms with E-state index in [0.717, 1.165) is 16.8 Å². The molecule has 3 aromatic rings. The third kappa shape index (κ3) is 4.64. The Bertz CT molecular complexity index is 1210. The van der Waals surface area contributed by atoms with Crippen molar-refractivity contribution in [3.8, 4) is 11.5 Å². The van der Waals surface area contributed by atoms with Crippen LogP contribution in [0.25, 0.3) is 0 Å². The second kappa shape index (κ2) is 8.90. The second-order valence-corrected chi connectivity index (χ2v) is 7.86. The molecule has 2 aliphatic heterocycles. The Morgan fingerprint density at radius 1 is 0.970 bits per heavy atom. The molecule has 5 rings (SSSR count). The third-order valence-corrected chi connectivity index (χ3v) is 5.51. The fraction of sp³-hybridized carbons (Fsp3) is 0.200. The summed E-state index contributed by atoms with van der Waals surface area (Å²) in [6.45, 7) is 0.629. The number of halogens is 2. The number of amides is 1. The van der Waals surface area contributed by atoms with Gasteiger partial charge in [-0.05, 0) is 54.1 Å². The number of fused-ring (bicyclic) bond motifs is 1. The lowest BCUT2D eigenvalue weighted by molar-refractivity contribution is 0.0405. The van der Waals surface area contributed by atoms with Crippen molar-refractivity contribution in [2.24, 2.45) is 5.16 Å². The standard InChI is InChI=1S/C25H20F2N2O4/c26-19-7-4-16(5-8-19)13-29(25(30)18-2-1-3-20(27)10-18)14-21-12-22(28-33-21)17-6-9-23-24(11-17)32-15-31-23/h1-11,21H,12-15H2. The van der Waals surface area contributed by atoms with Crippen LogP contribution in [0.4, 0.5) is 8.78 Å². The van der Waals surface area contributed by atoms with Crippen molar-refractivity contribution in [3.05, 3.63) is 95.1 Å². The van der Waals surface area contributed by atoms with Gasteiger partial charge in [-0.25, -0.2) is 8.78 Å². The van der Waals surface area contributed by atoms with Crippen molar-refractivity contribution in [1.29, 1.82) is 0 Å². The van der Waals surface area contributed by atoms with Crippen molar-refractivity contribution >= 4 is 11.6 Å². The zero-order chi connectivity index (χ0) is 22.8. The molecule has 0 spiro atoms. The molecule has 0 saturated heterocycles. The Hall–Kier alpha value is -3.94. The minimum atomic E-state index is -0.492. The van der Waals surface area contributed by atoms with Gasteiger partial charge in [-0.1, -0.05) is 23.4 Å². The number of benzene rings is 3. The summed E-state index contributed by atoms with van der Waals surface area (Å²) in [5.41, 5.74) is 2.56. The summed E-state index contributed by atoms with van der Waals surface area (Å²) in [5, 5.41) is 4.20. The Morgan fingerprint density at radius 2 is 1.79 bits per heavy atom. The number of hydrogen-bond acceptors (Lipinski definition) is 5. The summed E-state index contributed by atoms with van der Waals surface area (Å²) in [6, 6.07) is 17.0. The van der Waals surface area contributed by atoms with Crippen molar-refractivity contribution in [1.82, 2.24) is 4.90 Å². The van der Waals surface area contributed by atoms with E-state index in [0.29, 0.717) is 17.9 Å². The largest absolute Gasteiger partial charge is 0.454 e. The number of ether oxygens (including phenoxy) is 2.